The molecule has 0 aliphatic heterocycles. The average molecular weight is 333 g/mol. The maximum absolute atomic E-state index is 12.1. The summed E-state index contributed by atoms with van der Waals surface area (Å²) in [5.41, 5.74) is 2.81. The van der Waals surface area contributed by atoms with Gasteiger partial charge in [0.25, 0.3) is 5.56 Å². The number of aryl methyl sites for hydroxylation is 1. The maximum Gasteiger partial charge on any atom is 0.273 e. The van der Waals surface area contributed by atoms with Crippen molar-refractivity contribution in [1.82, 2.24) is 15.2 Å². The van der Waals surface area contributed by atoms with Gasteiger partial charge < -0.3 is 5.10 Å². The number of para-hydroxylation sites is 1. The Morgan fingerprint density at radius 2 is 1.71 bits per heavy atom. The van der Waals surface area contributed by atoms with E-state index in [1.807, 2.05) is 49.4 Å². The van der Waals surface area contributed by atoms with Gasteiger partial charge >= 0.3 is 0 Å². The van der Waals surface area contributed by atoms with Gasteiger partial charge in [0, 0.05) is 20.9 Å². The number of fused-ring (bicyclic) bond motifs is 1. The molecule has 0 fully saturated rings. The van der Waals surface area contributed by atoms with Gasteiger partial charge in [-0.3, -0.25) is 9.89 Å². The lowest BCUT2D eigenvalue weighted by Gasteiger charge is -2.09. The van der Waals surface area contributed by atoms with Gasteiger partial charge in [0.1, 0.15) is 0 Å². The highest BCUT2D eigenvalue weighted by atomic mass is 32.2. The van der Waals surface area contributed by atoms with Crippen LogP contribution < -0.4 is 5.56 Å². The molecular formula is C19H15N3OS. The molecule has 24 heavy (non-hydrogen) atoms. The normalized spacial score (nSPS) is 11.0. The van der Waals surface area contributed by atoms with E-state index in [1.165, 1.54) is 0 Å². The second kappa shape index (κ2) is 6.02. The number of aromatic amines is 2. The van der Waals surface area contributed by atoms with E-state index in [9.17, 15) is 4.79 Å². The van der Waals surface area contributed by atoms with Crippen LogP contribution in [0.5, 0.6) is 0 Å². The van der Waals surface area contributed by atoms with E-state index in [0.717, 1.165) is 26.4 Å². The molecule has 0 saturated carbocycles. The fraction of sp³-hybridized carbons (Fsp3) is 0.0526. The second-order valence-electron chi connectivity index (χ2n) is 5.52. The molecule has 0 bridgehead atoms. The summed E-state index contributed by atoms with van der Waals surface area (Å²) in [6.07, 6.45) is 0. The van der Waals surface area contributed by atoms with Crippen molar-refractivity contribution >= 4 is 22.7 Å². The Labute approximate surface area is 142 Å². The van der Waals surface area contributed by atoms with Crippen molar-refractivity contribution in [1.29, 1.82) is 0 Å². The van der Waals surface area contributed by atoms with E-state index in [1.54, 1.807) is 11.8 Å². The second-order valence-corrected chi connectivity index (χ2v) is 6.63. The van der Waals surface area contributed by atoms with E-state index < -0.39 is 0 Å². The molecule has 2 aromatic carbocycles. The molecule has 2 N–H and O–H groups in total. The minimum atomic E-state index is -0.147. The standard InChI is InChI=1S/C19H15N3OS/c1-12-18(19(23)22-21-12)16-11-17(24-13-7-3-2-4-8-13)14-9-5-6-10-15(14)20-16/h2-11H,1H3,(H2,21,22,23). The molecule has 4 nitrogen and oxygen atoms in total. The van der Waals surface area contributed by atoms with Crippen LogP contribution in [0.4, 0.5) is 0 Å². The Hall–Kier alpha value is -2.79. The molecule has 0 spiro atoms. The lowest BCUT2D eigenvalue weighted by Crippen LogP contribution is -2.03. The molecule has 0 unspecified atom stereocenters. The first-order valence-corrected chi connectivity index (χ1v) is 8.44. The van der Waals surface area contributed by atoms with Crippen LogP contribution in [0.2, 0.25) is 0 Å². The van der Waals surface area contributed by atoms with Crippen molar-refractivity contribution < 1.29 is 0 Å². The summed E-state index contributed by atoms with van der Waals surface area (Å²) in [6.45, 7) is 1.87. The minimum Gasteiger partial charge on any atom is -0.302 e. The lowest BCUT2D eigenvalue weighted by molar-refractivity contribution is 1.02. The monoisotopic (exact) mass is 333 g/mol. The van der Waals surface area contributed by atoms with Gasteiger partial charge in [-0.1, -0.05) is 48.2 Å². The lowest BCUT2D eigenvalue weighted by atomic mass is 10.1. The molecular weight excluding hydrogens is 318 g/mol. The van der Waals surface area contributed by atoms with Gasteiger partial charge in [0.2, 0.25) is 0 Å². The number of pyridine rings is 1. The zero-order valence-corrected chi connectivity index (χ0v) is 13.9. The van der Waals surface area contributed by atoms with Gasteiger partial charge in [0.05, 0.1) is 16.8 Å². The van der Waals surface area contributed by atoms with Crippen LogP contribution in [0.3, 0.4) is 0 Å². The van der Waals surface area contributed by atoms with Crippen LogP contribution in [0.1, 0.15) is 5.69 Å². The molecule has 4 aromatic rings. The highest BCUT2D eigenvalue weighted by Gasteiger charge is 2.14. The average Bonchev–Trinajstić information content (AvgIpc) is 2.94. The largest absolute Gasteiger partial charge is 0.302 e. The van der Waals surface area contributed by atoms with Crippen molar-refractivity contribution in [3.63, 3.8) is 0 Å². The van der Waals surface area contributed by atoms with Gasteiger partial charge in [0.15, 0.2) is 0 Å². The Bertz CT molecular complexity index is 1070. The first kappa shape index (κ1) is 14.8. The van der Waals surface area contributed by atoms with Gasteiger partial charge in [-0.15, -0.1) is 0 Å². The summed E-state index contributed by atoms with van der Waals surface area (Å²) in [6, 6.07) is 20.2. The van der Waals surface area contributed by atoms with Crippen LogP contribution in [-0.2, 0) is 0 Å². The number of aromatic nitrogens is 3. The van der Waals surface area contributed by atoms with Crippen molar-refractivity contribution in [2.75, 3.05) is 0 Å². The highest BCUT2D eigenvalue weighted by molar-refractivity contribution is 7.99. The summed E-state index contributed by atoms with van der Waals surface area (Å²) in [7, 11) is 0. The molecule has 2 heterocycles. The number of nitrogens with one attached hydrogen (secondary N) is 2. The van der Waals surface area contributed by atoms with Crippen molar-refractivity contribution in [3.8, 4) is 11.3 Å². The van der Waals surface area contributed by atoms with E-state index >= 15 is 0 Å². The number of H-pyrrole nitrogens is 2. The molecule has 0 amide bonds. The number of hydrogen-bond donors (Lipinski definition) is 2. The number of rotatable bonds is 3. The number of nitrogens with zero attached hydrogens (tertiary/aromatic N) is 1. The predicted octanol–water partition coefficient (Wildman–Crippen LogP) is 4.38. The van der Waals surface area contributed by atoms with Crippen molar-refractivity contribution in [2.45, 2.75) is 16.7 Å². The first-order valence-electron chi connectivity index (χ1n) is 7.62. The molecule has 0 aliphatic rings. The summed E-state index contributed by atoms with van der Waals surface area (Å²) in [4.78, 5) is 19.0. The summed E-state index contributed by atoms with van der Waals surface area (Å²) >= 11 is 1.68. The SMILES string of the molecule is Cc1[nH][nH]c(=O)c1-c1cc(Sc2ccccc2)c2ccccc2n1. The van der Waals surface area contributed by atoms with Crippen LogP contribution in [-0.4, -0.2) is 15.2 Å². The van der Waals surface area contributed by atoms with Gasteiger partial charge in [-0.2, -0.15) is 0 Å². The van der Waals surface area contributed by atoms with Crippen molar-refractivity contribution in [2.24, 2.45) is 0 Å². The zero-order valence-electron chi connectivity index (χ0n) is 13.0. The zero-order chi connectivity index (χ0) is 16.5. The predicted molar refractivity (Wildman–Crippen MR) is 97.5 cm³/mol. The molecule has 0 aliphatic carbocycles. The topological polar surface area (TPSA) is 61.5 Å². The van der Waals surface area contributed by atoms with Crippen LogP contribution in [0.25, 0.3) is 22.2 Å². The Morgan fingerprint density at radius 1 is 0.958 bits per heavy atom. The van der Waals surface area contributed by atoms with Crippen LogP contribution in [0.15, 0.2) is 75.2 Å². The van der Waals surface area contributed by atoms with E-state index in [-0.39, 0.29) is 5.56 Å². The van der Waals surface area contributed by atoms with Crippen LogP contribution >= 0.6 is 11.8 Å². The summed E-state index contributed by atoms with van der Waals surface area (Å²) in [5.74, 6) is 0. The minimum absolute atomic E-state index is 0.147. The fourth-order valence-corrected chi connectivity index (χ4v) is 3.73. The Balaban J connectivity index is 1.93. The number of hydrogen-bond acceptors (Lipinski definition) is 3. The van der Waals surface area contributed by atoms with E-state index in [0.29, 0.717) is 11.3 Å². The van der Waals surface area contributed by atoms with E-state index in [2.05, 4.69) is 33.4 Å². The third-order valence-electron chi connectivity index (χ3n) is 3.87. The summed E-state index contributed by atoms with van der Waals surface area (Å²) < 4.78 is 0. The first-order chi connectivity index (χ1) is 11.7. The molecule has 0 saturated heterocycles. The number of benzene rings is 2. The Kier molecular flexibility index (Phi) is 3.70. The molecule has 2 aromatic heterocycles. The smallest absolute Gasteiger partial charge is 0.273 e. The third kappa shape index (κ3) is 2.63. The van der Waals surface area contributed by atoms with Gasteiger partial charge in [-0.25, -0.2) is 4.98 Å². The van der Waals surface area contributed by atoms with E-state index in [4.69, 9.17) is 0 Å². The quantitative estimate of drug-likeness (QED) is 0.585. The van der Waals surface area contributed by atoms with Gasteiger partial charge in [-0.05, 0) is 31.2 Å². The highest BCUT2D eigenvalue weighted by Crippen LogP contribution is 2.35. The van der Waals surface area contributed by atoms with Crippen molar-refractivity contribution in [3.05, 3.63) is 76.7 Å². The molecule has 0 radical (unpaired) electrons. The molecule has 4 rings (SSSR count). The molecule has 0 atom stereocenters. The maximum atomic E-state index is 12.1. The molecule has 5 heteroatoms. The van der Waals surface area contributed by atoms with Crippen LogP contribution in [0, 0.1) is 6.92 Å². The fourth-order valence-electron chi connectivity index (χ4n) is 2.73. The Morgan fingerprint density at radius 3 is 2.46 bits per heavy atom. The summed E-state index contributed by atoms with van der Waals surface area (Å²) in [5, 5.41) is 6.58. The molecule has 118 valence electrons. The third-order valence-corrected chi connectivity index (χ3v) is 4.94.